The predicted molar refractivity (Wildman–Crippen MR) is 87.1 cm³/mol. The lowest BCUT2D eigenvalue weighted by Gasteiger charge is -2.26. The van der Waals surface area contributed by atoms with Crippen LogP contribution in [0.5, 0.6) is 5.75 Å². The van der Waals surface area contributed by atoms with Crippen LogP contribution in [-0.2, 0) is 21.4 Å². The molecule has 23 heavy (non-hydrogen) atoms. The van der Waals surface area contributed by atoms with E-state index >= 15 is 0 Å². The fourth-order valence-electron chi connectivity index (χ4n) is 2.59. The summed E-state index contributed by atoms with van der Waals surface area (Å²) in [5.41, 5.74) is 0.734. The molecule has 0 aliphatic rings. The number of carbonyl (C=O) groups is 1. The van der Waals surface area contributed by atoms with Gasteiger partial charge in [0.15, 0.2) is 0 Å². The van der Waals surface area contributed by atoms with Crippen molar-refractivity contribution in [1.82, 2.24) is 0 Å². The average molecular weight is 309 g/mol. The quantitative estimate of drug-likeness (QED) is 0.768. The molecule has 0 unspecified atom stereocenters. The standard InChI is InChI=1S/C19H19NO3/c1-22-17-10-6-9-16(11-17)19(14-20,13-18(21)23-2)12-15-7-4-3-5-8-15/h3-11H,12-13H2,1-2H3/t19-/m0/s1. The summed E-state index contributed by atoms with van der Waals surface area (Å²) in [5, 5.41) is 9.90. The summed E-state index contributed by atoms with van der Waals surface area (Å²) < 4.78 is 10.1. The second-order valence-electron chi connectivity index (χ2n) is 5.34. The Morgan fingerprint density at radius 2 is 1.87 bits per heavy atom. The van der Waals surface area contributed by atoms with Crippen molar-refractivity contribution < 1.29 is 14.3 Å². The minimum Gasteiger partial charge on any atom is -0.497 e. The molecule has 0 saturated heterocycles. The Balaban J connectivity index is 2.48. The average Bonchev–Trinajstić information content (AvgIpc) is 2.61. The van der Waals surface area contributed by atoms with Crippen LogP contribution >= 0.6 is 0 Å². The topological polar surface area (TPSA) is 59.3 Å². The van der Waals surface area contributed by atoms with E-state index in [1.165, 1.54) is 7.11 Å². The highest BCUT2D eigenvalue weighted by atomic mass is 16.5. The van der Waals surface area contributed by atoms with Crippen LogP contribution in [0.15, 0.2) is 54.6 Å². The zero-order valence-electron chi connectivity index (χ0n) is 13.3. The molecule has 0 amide bonds. The molecule has 0 radical (unpaired) electrons. The lowest BCUT2D eigenvalue weighted by Crippen LogP contribution is -2.31. The minimum atomic E-state index is -0.997. The van der Waals surface area contributed by atoms with Crippen molar-refractivity contribution >= 4 is 5.97 Å². The molecular formula is C19H19NO3. The molecule has 0 spiro atoms. The summed E-state index contributed by atoms with van der Waals surface area (Å²) in [5.74, 6) is 0.241. The molecule has 2 aromatic carbocycles. The van der Waals surface area contributed by atoms with E-state index in [1.54, 1.807) is 13.2 Å². The summed E-state index contributed by atoms with van der Waals surface area (Å²) in [6.07, 6.45) is 0.411. The first-order valence-electron chi connectivity index (χ1n) is 7.30. The largest absolute Gasteiger partial charge is 0.497 e. The number of methoxy groups -OCH3 is 2. The van der Waals surface area contributed by atoms with Crippen molar-refractivity contribution in [1.29, 1.82) is 5.26 Å². The van der Waals surface area contributed by atoms with Crippen LogP contribution in [0, 0.1) is 11.3 Å². The second-order valence-corrected chi connectivity index (χ2v) is 5.34. The SMILES string of the molecule is COC(=O)C[C@](C#N)(Cc1ccccc1)c1cccc(OC)c1. The molecule has 0 N–H and O–H groups in total. The maximum atomic E-state index is 11.9. The van der Waals surface area contributed by atoms with Crippen LogP contribution < -0.4 is 4.74 Å². The number of nitrogens with zero attached hydrogens (tertiary/aromatic N) is 1. The Kier molecular flexibility index (Phi) is 5.37. The van der Waals surface area contributed by atoms with Crippen molar-refractivity contribution in [3.63, 3.8) is 0 Å². The summed E-state index contributed by atoms with van der Waals surface area (Å²) in [6, 6.07) is 19.3. The van der Waals surface area contributed by atoms with Gasteiger partial charge < -0.3 is 9.47 Å². The summed E-state index contributed by atoms with van der Waals surface area (Å²) in [7, 11) is 2.91. The number of hydrogen-bond donors (Lipinski definition) is 0. The van der Waals surface area contributed by atoms with Crippen LogP contribution in [0.25, 0.3) is 0 Å². The number of esters is 1. The summed E-state index contributed by atoms with van der Waals surface area (Å²) >= 11 is 0. The Hall–Kier alpha value is -2.80. The third kappa shape index (κ3) is 3.89. The molecule has 0 heterocycles. The number of benzene rings is 2. The smallest absolute Gasteiger partial charge is 0.307 e. The molecule has 1 atom stereocenters. The number of ether oxygens (including phenoxy) is 2. The van der Waals surface area contributed by atoms with Crippen molar-refractivity contribution in [3.8, 4) is 11.8 Å². The van der Waals surface area contributed by atoms with E-state index in [4.69, 9.17) is 9.47 Å². The Morgan fingerprint density at radius 1 is 1.13 bits per heavy atom. The highest BCUT2D eigenvalue weighted by Crippen LogP contribution is 2.34. The van der Waals surface area contributed by atoms with Gasteiger partial charge in [-0.15, -0.1) is 0 Å². The zero-order valence-corrected chi connectivity index (χ0v) is 13.3. The highest BCUT2D eigenvalue weighted by molar-refractivity contribution is 5.72. The van der Waals surface area contributed by atoms with E-state index in [0.717, 1.165) is 11.1 Å². The maximum Gasteiger partial charge on any atom is 0.307 e. The van der Waals surface area contributed by atoms with Crippen molar-refractivity contribution in [2.75, 3.05) is 14.2 Å². The summed E-state index contributed by atoms with van der Waals surface area (Å²) in [6.45, 7) is 0. The molecule has 0 saturated carbocycles. The molecule has 0 fully saturated rings. The van der Waals surface area contributed by atoms with E-state index in [1.807, 2.05) is 48.5 Å². The van der Waals surface area contributed by atoms with Gasteiger partial charge in [0.25, 0.3) is 0 Å². The Morgan fingerprint density at radius 3 is 2.48 bits per heavy atom. The van der Waals surface area contributed by atoms with Gasteiger partial charge in [-0.3, -0.25) is 4.79 Å². The molecule has 0 aliphatic heterocycles. The van der Waals surface area contributed by atoms with Gasteiger partial charge in [-0.1, -0.05) is 42.5 Å². The first kappa shape index (κ1) is 16.6. The third-order valence-corrected chi connectivity index (χ3v) is 3.86. The maximum absolute atomic E-state index is 11.9. The predicted octanol–water partition coefficient (Wildman–Crippen LogP) is 3.26. The molecule has 0 aliphatic carbocycles. The molecule has 0 bridgehead atoms. The van der Waals surface area contributed by atoms with Crippen LogP contribution in [0.2, 0.25) is 0 Å². The molecule has 4 heteroatoms. The Labute approximate surface area is 136 Å². The van der Waals surface area contributed by atoms with Gasteiger partial charge in [0.05, 0.1) is 32.1 Å². The zero-order chi connectivity index (χ0) is 16.7. The van der Waals surface area contributed by atoms with Gasteiger partial charge in [0.1, 0.15) is 5.75 Å². The molecule has 4 nitrogen and oxygen atoms in total. The number of rotatable bonds is 6. The van der Waals surface area contributed by atoms with E-state index in [2.05, 4.69) is 6.07 Å². The summed E-state index contributed by atoms with van der Waals surface area (Å²) in [4.78, 5) is 11.9. The first-order chi connectivity index (χ1) is 11.1. The second kappa shape index (κ2) is 7.46. The van der Waals surface area contributed by atoms with E-state index in [0.29, 0.717) is 12.2 Å². The van der Waals surface area contributed by atoms with Gasteiger partial charge in [0, 0.05) is 0 Å². The molecule has 0 aromatic heterocycles. The normalized spacial score (nSPS) is 12.7. The van der Waals surface area contributed by atoms with Crippen molar-refractivity contribution in [2.24, 2.45) is 0 Å². The van der Waals surface area contributed by atoms with Gasteiger partial charge in [0.2, 0.25) is 0 Å². The van der Waals surface area contributed by atoms with E-state index in [-0.39, 0.29) is 6.42 Å². The monoisotopic (exact) mass is 309 g/mol. The first-order valence-corrected chi connectivity index (χ1v) is 7.30. The fourth-order valence-corrected chi connectivity index (χ4v) is 2.59. The van der Waals surface area contributed by atoms with E-state index in [9.17, 15) is 10.1 Å². The van der Waals surface area contributed by atoms with E-state index < -0.39 is 11.4 Å². The third-order valence-electron chi connectivity index (χ3n) is 3.86. The number of nitriles is 1. The van der Waals surface area contributed by atoms with Gasteiger partial charge in [-0.05, 0) is 29.7 Å². The lowest BCUT2D eigenvalue weighted by molar-refractivity contribution is -0.141. The Bertz CT molecular complexity index is 706. The molecule has 118 valence electrons. The van der Waals surface area contributed by atoms with Gasteiger partial charge in [-0.2, -0.15) is 5.26 Å². The van der Waals surface area contributed by atoms with Crippen LogP contribution in [0.1, 0.15) is 17.5 Å². The highest BCUT2D eigenvalue weighted by Gasteiger charge is 2.36. The lowest BCUT2D eigenvalue weighted by atomic mass is 9.74. The van der Waals surface area contributed by atoms with Gasteiger partial charge in [-0.25, -0.2) is 0 Å². The molecule has 2 rings (SSSR count). The molecule has 2 aromatic rings. The van der Waals surface area contributed by atoms with Crippen molar-refractivity contribution in [2.45, 2.75) is 18.3 Å². The number of hydrogen-bond acceptors (Lipinski definition) is 4. The number of carbonyl (C=O) groups excluding carboxylic acids is 1. The molecular weight excluding hydrogens is 290 g/mol. The van der Waals surface area contributed by atoms with Crippen molar-refractivity contribution in [3.05, 3.63) is 65.7 Å². The fraction of sp³-hybridized carbons (Fsp3) is 0.263. The van der Waals surface area contributed by atoms with Crippen LogP contribution in [-0.4, -0.2) is 20.2 Å². The van der Waals surface area contributed by atoms with Crippen LogP contribution in [0.3, 0.4) is 0 Å². The van der Waals surface area contributed by atoms with Crippen LogP contribution in [0.4, 0.5) is 0 Å². The minimum absolute atomic E-state index is 0.0118. The van der Waals surface area contributed by atoms with Gasteiger partial charge >= 0.3 is 5.97 Å².